The Morgan fingerprint density at radius 1 is 1.00 bits per heavy atom. The van der Waals surface area contributed by atoms with Crippen LogP contribution in [0.2, 0.25) is 0 Å². The number of hydrogen-bond acceptors (Lipinski definition) is 0. The highest BCUT2D eigenvalue weighted by Crippen LogP contribution is 2.41. The second-order valence-corrected chi connectivity index (χ2v) is 6.44. The fourth-order valence-electron chi connectivity index (χ4n) is 3.03. The Hall–Kier alpha value is -1.29. The molecule has 0 amide bonds. The fraction of sp³-hybridized carbons (Fsp3) is 0.294. The molecule has 21 heavy (non-hydrogen) atoms. The monoisotopic (exact) mass is 354 g/mol. The molecule has 0 spiro atoms. The summed E-state index contributed by atoms with van der Waals surface area (Å²) in [6.45, 7) is 0. The van der Waals surface area contributed by atoms with Crippen LogP contribution in [0.1, 0.15) is 27.9 Å². The van der Waals surface area contributed by atoms with Crippen molar-refractivity contribution in [2.75, 3.05) is 0 Å². The molecule has 2 aromatic carbocycles. The van der Waals surface area contributed by atoms with Gasteiger partial charge in [-0.2, -0.15) is 0 Å². The smallest absolute Gasteiger partial charge is 0.133 e. The van der Waals surface area contributed by atoms with E-state index < -0.39 is 22.3 Å². The van der Waals surface area contributed by atoms with E-state index in [0.717, 1.165) is 31.4 Å². The SMILES string of the molecule is Fc1cc(F)c(C(Br)C2CCc3ccccc3C2)c(F)c1. The number of fused-ring (bicyclic) bond motifs is 1. The van der Waals surface area contributed by atoms with Gasteiger partial charge in [-0.3, -0.25) is 0 Å². The highest BCUT2D eigenvalue weighted by atomic mass is 79.9. The first-order valence-electron chi connectivity index (χ1n) is 6.91. The lowest BCUT2D eigenvalue weighted by Crippen LogP contribution is -2.19. The Morgan fingerprint density at radius 3 is 2.29 bits per heavy atom. The van der Waals surface area contributed by atoms with E-state index >= 15 is 0 Å². The van der Waals surface area contributed by atoms with Crippen LogP contribution in [0, 0.1) is 23.4 Å². The van der Waals surface area contributed by atoms with Gasteiger partial charge in [-0.05, 0) is 36.3 Å². The van der Waals surface area contributed by atoms with E-state index in [2.05, 4.69) is 28.1 Å². The molecule has 1 aliphatic rings. The van der Waals surface area contributed by atoms with E-state index in [1.807, 2.05) is 12.1 Å². The van der Waals surface area contributed by atoms with E-state index in [-0.39, 0.29) is 11.5 Å². The summed E-state index contributed by atoms with van der Waals surface area (Å²) in [4.78, 5) is -0.452. The van der Waals surface area contributed by atoms with Gasteiger partial charge in [-0.15, -0.1) is 0 Å². The number of aryl methyl sites for hydroxylation is 1. The Morgan fingerprint density at radius 2 is 1.62 bits per heavy atom. The zero-order chi connectivity index (χ0) is 15.0. The van der Waals surface area contributed by atoms with Crippen molar-refractivity contribution < 1.29 is 13.2 Å². The van der Waals surface area contributed by atoms with E-state index in [0.29, 0.717) is 0 Å². The minimum Gasteiger partial charge on any atom is -0.207 e. The third-order valence-electron chi connectivity index (χ3n) is 4.12. The Bertz CT molecular complexity index is 646. The van der Waals surface area contributed by atoms with Crippen LogP contribution in [-0.2, 0) is 12.8 Å². The zero-order valence-corrected chi connectivity index (χ0v) is 12.8. The van der Waals surface area contributed by atoms with Gasteiger partial charge in [0.2, 0.25) is 0 Å². The molecule has 2 atom stereocenters. The van der Waals surface area contributed by atoms with Crippen molar-refractivity contribution in [3.8, 4) is 0 Å². The summed E-state index contributed by atoms with van der Waals surface area (Å²) in [5.41, 5.74) is 2.45. The van der Waals surface area contributed by atoms with Gasteiger partial charge >= 0.3 is 0 Å². The van der Waals surface area contributed by atoms with Crippen LogP contribution in [0.5, 0.6) is 0 Å². The minimum absolute atomic E-state index is 0.0687. The van der Waals surface area contributed by atoms with Crippen LogP contribution in [0.4, 0.5) is 13.2 Å². The molecule has 0 N–H and O–H groups in total. The van der Waals surface area contributed by atoms with Crippen LogP contribution >= 0.6 is 15.9 Å². The predicted molar refractivity (Wildman–Crippen MR) is 79.9 cm³/mol. The highest BCUT2D eigenvalue weighted by Gasteiger charge is 2.29. The molecule has 0 saturated heterocycles. The maximum absolute atomic E-state index is 13.9. The number of benzene rings is 2. The second-order valence-electron chi connectivity index (χ2n) is 5.46. The van der Waals surface area contributed by atoms with Crippen molar-refractivity contribution in [2.45, 2.75) is 24.1 Å². The quantitative estimate of drug-likeness (QED) is 0.638. The third-order valence-corrected chi connectivity index (χ3v) is 5.32. The van der Waals surface area contributed by atoms with Gasteiger partial charge < -0.3 is 0 Å². The van der Waals surface area contributed by atoms with Crippen LogP contribution in [0.3, 0.4) is 0 Å². The molecule has 0 heterocycles. The molecule has 1 aliphatic carbocycles. The van der Waals surface area contributed by atoms with Gasteiger partial charge in [0, 0.05) is 22.5 Å². The van der Waals surface area contributed by atoms with Gasteiger partial charge in [0.1, 0.15) is 17.5 Å². The lowest BCUT2D eigenvalue weighted by molar-refractivity contribution is 0.427. The molecule has 4 heteroatoms. The van der Waals surface area contributed by atoms with Crippen LogP contribution in [-0.4, -0.2) is 0 Å². The zero-order valence-electron chi connectivity index (χ0n) is 11.3. The molecule has 0 saturated carbocycles. The first-order chi connectivity index (χ1) is 10.1. The average Bonchev–Trinajstić information content (AvgIpc) is 2.45. The largest absolute Gasteiger partial charge is 0.207 e. The van der Waals surface area contributed by atoms with Crippen molar-refractivity contribution in [3.63, 3.8) is 0 Å². The standard InChI is InChI=1S/C17H14BrF3/c18-17(16-14(20)8-13(19)9-15(16)21)12-6-5-10-3-1-2-4-11(10)7-12/h1-4,8-9,12,17H,5-7H2. The van der Waals surface area contributed by atoms with Gasteiger partial charge in [-0.1, -0.05) is 40.2 Å². The molecule has 2 aromatic rings. The Balaban J connectivity index is 1.89. The van der Waals surface area contributed by atoms with E-state index in [1.165, 1.54) is 11.1 Å². The normalized spacial score (nSPS) is 19.1. The lowest BCUT2D eigenvalue weighted by Gasteiger charge is -2.29. The molecule has 0 aliphatic heterocycles. The lowest BCUT2D eigenvalue weighted by atomic mass is 9.80. The molecule has 0 radical (unpaired) electrons. The van der Waals surface area contributed by atoms with E-state index in [1.54, 1.807) is 0 Å². The van der Waals surface area contributed by atoms with Gasteiger partial charge in [0.05, 0.1) is 0 Å². The summed E-state index contributed by atoms with van der Waals surface area (Å²) < 4.78 is 40.8. The molecule has 2 unspecified atom stereocenters. The van der Waals surface area contributed by atoms with Crippen molar-refractivity contribution in [3.05, 3.63) is 70.5 Å². The van der Waals surface area contributed by atoms with Gasteiger partial charge in [-0.25, -0.2) is 13.2 Å². The van der Waals surface area contributed by atoms with Crippen molar-refractivity contribution in [2.24, 2.45) is 5.92 Å². The maximum atomic E-state index is 13.9. The molecule has 0 fully saturated rings. The number of alkyl halides is 1. The number of halogens is 4. The Labute approximate surface area is 130 Å². The van der Waals surface area contributed by atoms with Crippen LogP contribution in [0.25, 0.3) is 0 Å². The molecule has 0 aromatic heterocycles. The molecule has 3 rings (SSSR count). The first-order valence-corrected chi connectivity index (χ1v) is 7.83. The number of rotatable bonds is 2. The molecule has 110 valence electrons. The first kappa shape index (κ1) is 14.6. The second kappa shape index (κ2) is 5.84. The van der Waals surface area contributed by atoms with Gasteiger partial charge in [0.15, 0.2) is 0 Å². The van der Waals surface area contributed by atoms with Crippen LogP contribution in [0.15, 0.2) is 36.4 Å². The predicted octanol–water partition coefficient (Wildman–Crippen LogP) is 5.35. The molecular formula is C17H14BrF3. The molecule has 0 nitrogen and oxygen atoms in total. The van der Waals surface area contributed by atoms with Crippen LogP contribution < -0.4 is 0 Å². The van der Waals surface area contributed by atoms with Crippen molar-refractivity contribution >= 4 is 15.9 Å². The fourth-order valence-corrected chi connectivity index (χ4v) is 3.92. The summed E-state index contributed by atoms with van der Waals surface area (Å²) in [5.74, 6) is -2.45. The van der Waals surface area contributed by atoms with E-state index in [4.69, 9.17) is 0 Å². The maximum Gasteiger partial charge on any atom is 0.133 e. The molecular weight excluding hydrogens is 341 g/mol. The number of hydrogen-bond donors (Lipinski definition) is 0. The Kier molecular flexibility index (Phi) is 4.07. The minimum atomic E-state index is -0.887. The van der Waals surface area contributed by atoms with Gasteiger partial charge in [0.25, 0.3) is 0 Å². The summed E-state index contributed by atoms with van der Waals surface area (Å²) in [5, 5.41) is 0. The van der Waals surface area contributed by atoms with Crippen molar-refractivity contribution in [1.82, 2.24) is 0 Å². The van der Waals surface area contributed by atoms with Crippen molar-refractivity contribution in [1.29, 1.82) is 0 Å². The molecule has 0 bridgehead atoms. The highest BCUT2D eigenvalue weighted by molar-refractivity contribution is 9.09. The van der Waals surface area contributed by atoms with E-state index in [9.17, 15) is 13.2 Å². The topological polar surface area (TPSA) is 0 Å². The summed E-state index contributed by atoms with van der Waals surface area (Å²) in [6, 6.07) is 9.60. The summed E-state index contributed by atoms with van der Waals surface area (Å²) in [6.07, 6.45) is 2.51. The summed E-state index contributed by atoms with van der Waals surface area (Å²) >= 11 is 3.42. The average molecular weight is 355 g/mol. The summed E-state index contributed by atoms with van der Waals surface area (Å²) in [7, 11) is 0. The third kappa shape index (κ3) is 2.86.